The summed E-state index contributed by atoms with van der Waals surface area (Å²) in [5.74, 6) is 1.52. The molecule has 4 rings (SSSR count). The Balaban J connectivity index is 1.40. The van der Waals surface area contributed by atoms with Crippen LogP contribution in [0.4, 0.5) is 0 Å². The minimum Gasteiger partial charge on any atom is -0.494 e. The largest absolute Gasteiger partial charge is 0.494 e. The molecule has 33 heavy (non-hydrogen) atoms. The van der Waals surface area contributed by atoms with E-state index in [2.05, 4.69) is 10.4 Å². The minimum atomic E-state index is -1.38. The van der Waals surface area contributed by atoms with Gasteiger partial charge in [-0.1, -0.05) is 30.3 Å². The third-order valence-electron chi connectivity index (χ3n) is 5.00. The van der Waals surface area contributed by atoms with Crippen LogP contribution in [0.25, 0.3) is 11.5 Å². The van der Waals surface area contributed by atoms with Crippen molar-refractivity contribution in [3.05, 3.63) is 96.4 Å². The minimum absolute atomic E-state index is 0.0708. The Morgan fingerprint density at radius 2 is 1.76 bits per heavy atom. The van der Waals surface area contributed by atoms with E-state index < -0.39 is 10.8 Å². The summed E-state index contributed by atoms with van der Waals surface area (Å²) >= 11 is 0. The van der Waals surface area contributed by atoms with E-state index in [0.717, 1.165) is 28.4 Å². The van der Waals surface area contributed by atoms with Crippen LogP contribution >= 0.6 is 0 Å². The van der Waals surface area contributed by atoms with Gasteiger partial charge in [-0.15, -0.1) is 0 Å². The first-order valence-electron chi connectivity index (χ1n) is 10.7. The molecule has 4 aromatic rings. The lowest BCUT2D eigenvalue weighted by molar-refractivity contribution is -0.118. The third kappa shape index (κ3) is 5.78. The monoisotopic (exact) mass is 462 g/mol. The summed E-state index contributed by atoms with van der Waals surface area (Å²) in [6, 6.07) is 21.2. The highest BCUT2D eigenvalue weighted by Gasteiger charge is 2.17. The van der Waals surface area contributed by atoms with Gasteiger partial charge in [0.15, 0.2) is 0 Å². The molecule has 1 amide bonds. The Morgan fingerprint density at radius 1 is 1.03 bits per heavy atom. The van der Waals surface area contributed by atoms with Gasteiger partial charge < -0.3 is 14.6 Å². The zero-order valence-electron chi connectivity index (χ0n) is 18.4. The molecule has 1 N–H and O–H groups in total. The predicted octanol–water partition coefficient (Wildman–Crippen LogP) is 3.63. The molecule has 0 radical (unpaired) electrons. The molecule has 0 aliphatic heterocycles. The topological polar surface area (TPSA) is 78.2 Å². The zero-order chi connectivity index (χ0) is 23.0. The Kier molecular flexibility index (Phi) is 7.36. The number of nitrogens with zero attached hydrogens (tertiary/aromatic N) is 3. The maximum absolute atomic E-state index is 12.8. The van der Waals surface area contributed by atoms with Gasteiger partial charge in [-0.05, 0) is 48.9 Å². The quantitative estimate of drug-likeness (QED) is 0.390. The number of carbonyl (C=O) groups excluding carboxylic acids is 1. The number of aromatic nitrogens is 3. The van der Waals surface area contributed by atoms with Crippen molar-refractivity contribution in [1.82, 2.24) is 19.7 Å². The number of rotatable bonds is 10. The van der Waals surface area contributed by atoms with E-state index in [9.17, 15) is 9.00 Å². The van der Waals surface area contributed by atoms with Gasteiger partial charge in [0.2, 0.25) is 5.91 Å². The van der Waals surface area contributed by atoms with Crippen LogP contribution in [0.1, 0.15) is 18.1 Å². The van der Waals surface area contributed by atoms with E-state index in [1.165, 1.54) is 0 Å². The highest BCUT2D eigenvalue weighted by molar-refractivity contribution is 7.84. The molecule has 0 saturated heterocycles. The lowest BCUT2D eigenvalue weighted by Gasteiger charge is -2.11. The molecule has 7 nitrogen and oxygen atoms in total. The van der Waals surface area contributed by atoms with Gasteiger partial charge in [0.25, 0.3) is 0 Å². The number of para-hydroxylation sites is 1. The predicted molar refractivity (Wildman–Crippen MR) is 129 cm³/mol. The number of amides is 1. The van der Waals surface area contributed by atoms with Crippen LogP contribution in [0.2, 0.25) is 0 Å². The van der Waals surface area contributed by atoms with Gasteiger partial charge in [0, 0.05) is 35.3 Å². The van der Waals surface area contributed by atoms with Crippen LogP contribution in [0.3, 0.4) is 0 Å². The fraction of sp³-hybridized carbons (Fsp3) is 0.200. The van der Waals surface area contributed by atoms with E-state index in [1.807, 2.05) is 95.3 Å². The Bertz CT molecular complexity index is 1200. The number of carbonyl (C=O) groups is 1. The Hall–Kier alpha value is -3.65. The molecule has 1 unspecified atom stereocenters. The summed E-state index contributed by atoms with van der Waals surface area (Å²) in [4.78, 5) is 12.4. The standard InChI is InChI=1S/C25H26N4O3S/c1-2-32-23-12-10-20(11-13-23)16-26-24(30)19-33(31)18-21-17-27-29(22-8-4-3-5-9-22)25(21)28-14-6-7-15-28/h3-15,17H,2,16,18-19H2,1H3,(H,26,30). The van der Waals surface area contributed by atoms with Crippen molar-refractivity contribution in [2.45, 2.75) is 19.2 Å². The molecule has 1 atom stereocenters. The van der Waals surface area contributed by atoms with Crippen molar-refractivity contribution in [3.8, 4) is 17.3 Å². The van der Waals surface area contributed by atoms with Gasteiger partial charge in [-0.2, -0.15) is 5.10 Å². The Labute approximate surface area is 195 Å². The highest BCUT2D eigenvalue weighted by Crippen LogP contribution is 2.21. The summed E-state index contributed by atoms with van der Waals surface area (Å²) < 4.78 is 22.0. The molecular weight excluding hydrogens is 436 g/mol. The van der Waals surface area contributed by atoms with Gasteiger partial charge in [-0.25, -0.2) is 4.68 Å². The second-order valence-corrected chi connectivity index (χ2v) is 8.87. The van der Waals surface area contributed by atoms with Crippen molar-refractivity contribution in [2.24, 2.45) is 0 Å². The number of hydrogen-bond acceptors (Lipinski definition) is 4. The van der Waals surface area contributed by atoms with Crippen molar-refractivity contribution in [3.63, 3.8) is 0 Å². The van der Waals surface area contributed by atoms with Crippen LogP contribution in [0.5, 0.6) is 5.75 Å². The average Bonchev–Trinajstić information content (AvgIpc) is 3.49. The summed E-state index contributed by atoms with van der Waals surface area (Å²) in [7, 11) is -1.38. The summed E-state index contributed by atoms with van der Waals surface area (Å²) in [5.41, 5.74) is 2.68. The highest BCUT2D eigenvalue weighted by atomic mass is 32.2. The lowest BCUT2D eigenvalue weighted by atomic mass is 10.2. The molecule has 2 heterocycles. The molecule has 0 bridgehead atoms. The van der Waals surface area contributed by atoms with Crippen LogP contribution in [0, 0.1) is 0 Å². The number of benzene rings is 2. The Morgan fingerprint density at radius 3 is 2.45 bits per heavy atom. The van der Waals surface area contributed by atoms with Crippen molar-refractivity contribution in [1.29, 1.82) is 0 Å². The van der Waals surface area contributed by atoms with Crippen LogP contribution < -0.4 is 10.1 Å². The molecule has 2 aromatic carbocycles. The first kappa shape index (κ1) is 22.5. The molecule has 0 fully saturated rings. The normalized spacial score (nSPS) is 11.8. The molecule has 0 aliphatic rings. The maximum atomic E-state index is 12.8. The zero-order valence-corrected chi connectivity index (χ0v) is 19.2. The molecule has 0 aliphatic carbocycles. The van der Waals surface area contributed by atoms with E-state index in [4.69, 9.17) is 4.74 Å². The maximum Gasteiger partial charge on any atom is 0.232 e. The van der Waals surface area contributed by atoms with Crippen molar-refractivity contribution in [2.75, 3.05) is 12.4 Å². The second kappa shape index (κ2) is 10.8. The lowest BCUT2D eigenvalue weighted by Crippen LogP contribution is -2.28. The molecule has 2 aromatic heterocycles. The summed E-state index contributed by atoms with van der Waals surface area (Å²) in [5, 5.41) is 7.36. The SMILES string of the molecule is CCOc1ccc(CNC(=O)CS(=O)Cc2cnn(-c3ccccc3)c2-n2cccc2)cc1. The fourth-order valence-electron chi connectivity index (χ4n) is 3.48. The first-order chi connectivity index (χ1) is 16.1. The number of hydrogen-bond donors (Lipinski definition) is 1. The fourth-order valence-corrected chi connectivity index (χ4v) is 4.53. The molecule has 8 heteroatoms. The summed E-state index contributed by atoms with van der Waals surface area (Å²) in [6.45, 7) is 2.92. The van der Waals surface area contributed by atoms with E-state index in [-0.39, 0.29) is 17.4 Å². The third-order valence-corrected chi connectivity index (χ3v) is 6.22. The number of nitrogens with one attached hydrogen (secondary N) is 1. The van der Waals surface area contributed by atoms with E-state index >= 15 is 0 Å². The number of ether oxygens (including phenoxy) is 1. The average molecular weight is 463 g/mol. The van der Waals surface area contributed by atoms with Gasteiger partial charge in [0.1, 0.15) is 17.3 Å². The van der Waals surface area contributed by atoms with Crippen LogP contribution in [-0.4, -0.2) is 36.8 Å². The van der Waals surface area contributed by atoms with Crippen LogP contribution in [-0.2, 0) is 27.9 Å². The van der Waals surface area contributed by atoms with Gasteiger partial charge in [0.05, 0.1) is 24.2 Å². The molecule has 0 saturated carbocycles. The molecular formula is C25H26N4O3S. The second-order valence-electron chi connectivity index (χ2n) is 7.41. The molecule has 0 spiro atoms. The van der Waals surface area contributed by atoms with Gasteiger partial charge >= 0.3 is 0 Å². The van der Waals surface area contributed by atoms with Gasteiger partial charge in [-0.3, -0.25) is 9.00 Å². The van der Waals surface area contributed by atoms with Crippen LogP contribution in [0.15, 0.2) is 85.3 Å². The molecule has 170 valence electrons. The van der Waals surface area contributed by atoms with E-state index in [1.54, 1.807) is 6.20 Å². The van der Waals surface area contributed by atoms with E-state index in [0.29, 0.717) is 13.2 Å². The van der Waals surface area contributed by atoms with Crippen molar-refractivity contribution >= 4 is 16.7 Å². The summed E-state index contributed by atoms with van der Waals surface area (Å²) in [6.07, 6.45) is 5.57. The van der Waals surface area contributed by atoms with Crippen molar-refractivity contribution < 1.29 is 13.7 Å². The smallest absolute Gasteiger partial charge is 0.232 e. The first-order valence-corrected chi connectivity index (χ1v) is 12.2.